The van der Waals surface area contributed by atoms with Crippen LogP contribution in [-0.2, 0) is 22.6 Å². The minimum Gasteiger partial charge on any atom is -0.497 e. The van der Waals surface area contributed by atoms with Crippen molar-refractivity contribution < 1.29 is 14.3 Å². The predicted octanol–water partition coefficient (Wildman–Crippen LogP) is 3.25. The van der Waals surface area contributed by atoms with Crippen LogP contribution in [0.15, 0.2) is 48.5 Å². The lowest BCUT2D eigenvalue weighted by Crippen LogP contribution is -2.15. The molecule has 0 aliphatic rings. The van der Waals surface area contributed by atoms with Gasteiger partial charge in [0, 0.05) is 17.7 Å². The second-order valence-corrected chi connectivity index (χ2v) is 6.89. The van der Waals surface area contributed by atoms with Gasteiger partial charge in [-0.3, -0.25) is 4.79 Å². The maximum Gasteiger partial charge on any atom is 0.327 e. The van der Waals surface area contributed by atoms with E-state index in [0.717, 1.165) is 23.4 Å². The molecule has 0 saturated carbocycles. The van der Waals surface area contributed by atoms with Crippen molar-refractivity contribution in [1.82, 2.24) is 19.7 Å². The topological polar surface area (TPSA) is 69.5 Å². The van der Waals surface area contributed by atoms with E-state index in [1.54, 1.807) is 18.7 Å². The Hall–Kier alpha value is -3.19. The lowest BCUT2D eigenvalue weighted by molar-refractivity contribution is -0.144. The van der Waals surface area contributed by atoms with Crippen LogP contribution in [0.3, 0.4) is 0 Å². The van der Waals surface area contributed by atoms with Crippen molar-refractivity contribution in [3.8, 4) is 28.5 Å². The molecule has 0 N–H and O–H groups in total. The number of hydrogen-bond acceptors (Lipinski definition) is 6. The zero-order chi connectivity index (χ0) is 20.8. The van der Waals surface area contributed by atoms with E-state index in [9.17, 15) is 4.79 Å². The summed E-state index contributed by atoms with van der Waals surface area (Å²) in [6.07, 6.45) is 0. The molecule has 3 aromatic rings. The fraction of sp³-hybridized carbons (Fsp3) is 0.318. The number of esters is 1. The molecule has 3 rings (SSSR count). The number of carbonyl (C=O) groups excluding carboxylic acids is 1. The smallest absolute Gasteiger partial charge is 0.327 e. The normalized spacial score (nSPS) is 10.9. The largest absolute Gasteiger partial charge is 0.497 e. The van der Waals surface area contributed by atoms with Gasteiger partial charge >= 0.3 is 5.97 Å². The van der Waals surface area contributed by atoms with Gasteiger partial charge in [0.05, 0.1) is 13.7 Å². The maximum absolute atomic E-state index is 12.1. The highest BCUT2D eigenvalue weighted by Crippen LogP contribution is 2.25. The van der Waals surface area contributed by atoms with Crippen molar-refractivity contribution in [2.45, 2.75) is 20.0 Å². The fourth-order valence-corrected chi connectivity index (χ4v) is 3.03. The van der Waals surface area contributed by atoms with Gasteiger partial charge in [-0.2, -0.15) is 0 Å². The van der Waals surface area contributed by atoms with E-state index in [2.05, 4.69) is 22.1 Å². The first-order valence-corrected chi connectivity index (χ1v) is 9.49. The first-order chi connectivity index (χ1) is 14.0. The molecule has 29 heavy (non-hydrogen) atoms. The van der Waals surface area contributed by atoms with Crippen LogP contribution in [0, 0.1) is 0 Å². The molecular weight excluding hydrogens is 368 g/mol. The van der Waals surface area contributed by atoms with E-state index in [1.165, 1.54) is 5.56 Å². The molecule has 0 atom stereocenters. The molecule has 1 aromatic heterocycles. The summed E-state index contributed by atoms with van der Waals surface area (Å²) in [5.41, 5.74) is 2.92. The Morgan fingerprint density at radius 2 is 1.86 bits per heavy atom. The molecule has 2 aromatic carbocycles. The Morgan fingerprint density at radius 3 is 2.52 bits per heavy atom. The Morgan fingerprint density at radius 1 is 1.10 bits per heavy atom. The zero-order valence-corrected chi connectivity index (χ0v) is 17.3. The van der Waals surface area contributed by atoms with Crippen molar-refractivity contribution in [2.24, 2.45) is 0 Å². The van der Waals surface area contributed by atoms with E-state index in [0.29, 0.717) is 18.3 Å². The first kappa shape index (κ1) is 20.5. The lowest BCUT2D eigenvalue weighted by atomic mass is 10.1. The van der Waals surface area contributed by atoms with Gasteiger partial charge in [0.15, 0.2) is 11.6 Å². The second kappa shape index (κ2) is 9.34. The van der Waals surface area contributed by atoms with Crippen molar-refractivity contribution in [1.29, 1.82) is 0 Å². The number of benzene rings is 2. The van der Waals surface area contributed by atoms with Crippen LogP contribution in [0.2, 0.25) is 0 Å². The molecule has 1 heterocycles. The quantitative estimate of drug-likeness (QED) is 0.546. The number of rotatable bonds is 8. The summed E-state index contributed by atoms with van der Waals surface area (Å²) in [5, 5.41) is 4.60. The van der Waals surface area contributed by atoms with Gasteiger partial charge in [-0.05, 0) is 56.9 Å². The number of carbonyl (C=O) groups is 1. The van der Waals surface area contributed by atoms with Crippen molar-refractivity contribution in [3.63, 3.8) is 0 Å². The molecule has 0 saturated heterocycles. The summed E-state index contributed by atoms with van der Waals surface area (Å²) in [4.78, 5) is 18.9. The van der Waals surface area contributed by atoms with E-state index < -0.39 is 0 Å². The summed E-state index contributed by atoms with van der Waals surface area (Å²) in [6, 6.07) is 15.6. The molecule has 0 spiro atoms. The average Bonchev–Trinajstić information content (AvgIpc) is 3.11. The number of hydrogen-bond donors (Lipinski definition) is 0. The highest BCUT2D eigenvalue weighted by Gasteiger charge is 2.17. The van der Waals surface area contributed by atoms with Crippen molar-refractivity contribution in [2.75, 3.05) is 27.8 Å². The molecule has 0 aliphatic heterocycles. The molecule has 0 fully saturated rings. The van der Waals surface area contributed by atoms with Crippen LogP contribution in [-0.4, -0.2) is 53.4 Å². The SMILES string of the molecule is CCOC(=O)Cn1nc(-c2cccc(CN(C)C)c2)nc1-c1ccc(OC)cc1. The number of aromatic nitrogens is 3. The standard InChI is InChI=1S/C22H26N4O3/c1-5-29-20(27)15-26-22(17-9-11-19(28-4)12-10-17)23-21(24-26)18-8-6-7-16(13-18)14-25(2)3/h6-13H,5,14-15H2,1-4H3. The Bertz CT molecular complexity index is 964. The third kappa shape index (κ3) is 5.20. The highest BCUT2D eigenvalue weighted by atomic mass is 16.5. The molecular formula is C22H26N4O3. The van der Waals surface area contributed by atoms with Crippen LogP contribution in [0.25, 0.3) is 22.8 Å². The average molecular weight is 394 g/mol. The van der Waals surface area contributed by atoms with Gasteiger partial charge in [0.1, 0.15) is 12.3 Å². The summed E-state index contributed by atoms with van der Waals surface area (Å²) < 4.78 is 11.9. The van der Waals surface area contributed by atoms with E-state index in [4.69, 9.17) is 14.5 Å². The second-order valence-electron chi connectivity index (χ2n) is 6.89. The van der Waals surface area contributed by atoms with Gasteiger partial charge in [-0.1, -0.05) is 18.2 Å². The molecule has 0 radical (unpaired) electrons. The number of ether oxygens (including phenoxy) is 2. The van der Waals surface area contributed by atoms with Gasteiger partial charge in [0.2, 0.25) is 0 Å². The summed E-state index contributed by atoms with van der Waals surface area (Å²) in [5.74, 6) is 1.58. The monoisotopic (exact) mass is 394 g/mol. The van der Waals surface area contributed by atoms with Crippen LogP contribution in [0.5, 0.6) is 5.75 Å². The summed E-state index contributed by atoms with van der Waals surface area (Å²) >= 11 is 0. The van der Waals surface area contributed by atoms with E-state index in [-0.39, 0.29) is 12.5 Å². The number of methoxy groups -OCH3 is 1. The molecule has 0 aliphatic carbocycles. The van der Waals surface area contributed by atoms with Gasteiger partial charge < -0.3 is 14.4 Å². The van der Waals surface area contributed by atoms with Crippen LogP contribution in [0.4, 0.5) is 0 Å². The minimum atomic E-state index is -0.347. The van der Waals surface area contributed by atoms with Crippen LogP contribution < -0.4 is 4.74 Å². The maximum atomic E-state index is 12.1. The Balaban J connectivity index is 2.00. The summed E-state index contributed by atoms with van der Waals surface area (Å²) in [7, 11) is 5.68. The molecule has 0 amide bonds. The summed E-state index contributed by atoms with van der Waals surface area (Å²) in [6.45, 7) is 2.93. The Kier molecular flexibility index (Phi) is 6.61. The fourth-order valence-electron chi connectivity index (χ4n) is 3.03. The van der Waals surface area contributed by atoms with Crippen molar-refractivity contribution in [3.05, 3.63) is 54.1 Å². The molecule has 0 unspecified atom stereocenters. The van der Waals surface area contributed by atoms with Gasteiger partial charge in [-0.15, -0.1) is 5.10 Å². The van der Waals surface area contributed by atoms with Gasteiger partial charge in [0.25, 0.3) is 0 Å². The third-order valence-electron chi connectivity index (χ3n) is 4.29. The number of nitrogens with zero attached hydrogens (tertiary/aromatic N) is 4. The molecule has 0 bridgehead atoms. The van der Waals surface area contributed by atoms with Crippen LogP contribution in [0.1, 0.15) is 12.5 Å². The van der Waals surface area contributed by atoms with E-state index >= 15 is 0 Å². The predicted molar refractivity (Wildman–Crippen MR) is 111 cm³/mol. The minimum absolute atomic E-state index is 0.000406. The third-order valence-corrected chi connectivity index (χ3v) is 4.29. The highest BCUT2D eigenvalue weighted by molar-refractivity contribution is 5.71. The molecule has 7 nitrogen and oxygen atoms in total. The lowest BCUT2D eigenvalue weighted by Gasteiger charge is -2.09. The molecule has 152 valence electrons. The van der Waals surface area contributed by atoms with Crippen LogP contribution >= 0.6 is 0 Å². The van der Waals surface area contributed by atoms with Gasteiger partial charge in [-0.25, -0.2) is 9.67 Å². The first-order valence-electron chi connectivity index (χ1n) is 9.49. The van der Waals surface area contributed by atoms with E-state index in [1.807, 2.05) is 50.5 Å². The van der Waals surface area contributed by atoms with Crippen molar-refractivity contribution >= 4 is 5.97 Å². The molecule has 7 heteroatoms. The zero-order valence-electron chi connectivity index (χ0n) is 17.3. The Labute approximate surface area is 170 Å².